The fourth-order valence-corrected chi connectivity index (χ4v) is 10.8. The number of nitrogens with zero attached hydrogens (tertiary/aromatic N) is 8. The number of rotatable bonds is 8. The Balaban J connectivity index is 0.000000194. The first-order valence-electron chi connectivity index (χ1n) is 16.1. The van der Waals surface area contributed by atoms with Crippen LogP contribution >= 0.6 is 22.7 Å². The normalized spacial score (nSPS) is 20.0. The number of hydrogen-bond acceptors (Lipinski definition) is 14. The van der Waals surface area contributed by atoms with E-state index in [1.54, 1.807) is 87.5 Å². The largest absolute Gasteiger partial charge is 0.386 e. The monoisotopic (exact) mass is 764 g/mol. The van der Waals surface area contributed by atoms with Gasteiger partial charge in [-0.1, -0.05) is 12.1 Å². The number of aromatic nitrogens is 4. The number of anilines is 2. The smallest absolute Gasteiger partial charge is 0.252 e. The van der Waals surface area contributed by atoms with Crippen molar-refractivity contribution < 1.29 is 27.0 Å². The first-order valence-corrected chi connectivity index (χ1v) is 20.7. The average Bonchev–Trinajstić information content (AvgIpc) is 3.81. The molecule has 0 bridgehead atoms. The fraction of sp³-hybridized carbons (Fsp3) is 0.500. The van der Waals surface area contributed by atoms with Crippen LogP contribution in [0.25, 0.3) is 0 Å². The van der Waals surface area contributed by atoms with Gasteiger partial charge in [-0.3, -0.25) is 0 Å². The molecule has 2 saturated heterocycles. The molecule has 0 aromatic carbocycles. The molecule has 18 heteroatoms. The predicted molar refractivity (Wildman–Crippen MR) is 194 cm³/mol. The van der Waals surface area contributed by atoms with E-state index in [-0.39, 0.29) is 12.1 Å². The van der Waals surface area contributed by atoms with Gasteiger partial charge in [-0.15, -0.1) is 22.7 Å². The molecule has 0 amide bonds. The van der Waals surface area contributed by atoms with Gasteiger partial charge in [0, 0.05) is 87.3 Å². The third-order valence-corrected chi connectivity index (χ3v) is 15.0. The van der Waals surface area contributed by atoms with Crippen molar-refractivity contribution in [2.24, 2.45) is 0 Å². The van der Waals surface area contributed by atoms with E-state index in [1.165, 1.54) is 31.3 Å². The maximum absolute atomic E-state index is 12.7. The summed E-state index contributed by atoms with van der Waals surface area (Å²) in [5.74, 6) is 1.10. The van der Waals surface area contributed by atoms with Crippen LogP contribution in [0.4, 0.5) is 11.9 Å². The van der Waals surface area contributed by atoms with E-state index in [4.69, 9.17) is 0 Å². The highest BCUT2D eigenvalue weighted by Crippen LogP contribution is 2.28. The molecule has 0 spiro atoms. The molecule has 0 unspecified atom stereocenters. The maximum atomic E-state index is 12.7. The van der Waals surface area contributed by atoms with Crippen molar-refractivity contribution in [1.29, 1.82) is 0 Å². The van der Waals surface area contributed by atoms with Crippen LogP contribution in [0.3, 0.4) is 0 Å². The molecular weight excluding hydrogens is 721 g/mol. The summed E-state index contributed by atoms with van der Waals surface area (Å²) in [5.41, 5.74) is -0.694. The van der Waals surface area contributed by atoms with Gasteiger partial charge in [0.1, 0.15) is 8.42 Å². The Hall–Kier alpha value is -3.10. The molecule has 0 radical (unpaired) electrons. The van der Waals surface area contributed by atoms with E-state index >= 15 is 0 Å². The second-order valence-corrected chi connectivity index (χ2v) is 19.6. The van der Waals surface area contributed by atoms with Crippen molar-refractivity contribution in [1.82, 2.24) is 28.5 Å². The molecule has 2 aliphatic rings. The molecule has 14 nitrogen and oxygen atoms in total. The van der Waals surface area contributed by atoms with Gasteiger partial charge in [0.15, 0.2) is 0 Å². The maximum Gasteiger partial charge on any atom is 0.252 e. The molecule has 2 aliphatic heterocycles. The Kier molecular flexibility index (Phi) is 11.3. The second-order valence-electron chi connectivity index (χ2n) is 13.3. The lowest BCUT2D eigenvalue weighted by Crippen LogP contribution is -2.54. The van der Waals surface area contributed by atoms with Gasteiger partial charge in [0.25, 0.3) is 20.0 Å². The summed E-state index contributed by atoms with van der Waals surface area (Å²) < 4.78 is 54.4. The lowest BCUT2D eigenvalue weighted by atomic mass is 10.0. The third kappa shape index (κ3) is 8.50. The predicted octanol–water partition coefficient (Wildman–Crippen LogP) is 3.33. The standard InChI is InChI=1S/2C16H22N4O3S2/c2*1-12-11-19(25(22,23)14-5-4-8-24-14)6-7-20(12)15-17-9-13(10-18-15)16(2,3)21/h2*4-5,8-10,12,21H,6-7,11H2,1-3H3/t2*12-/m00/s1. The molecule has 272 valence electrons. The molecular formula is C32H44N8O6S4. The minimum absolute atomic E-state index is 0.0449. The second kappa shape index (κ2) is 14.9. The van der Waals surface area contributed by atoms with Gasteiger partial charge < -0.3 is 20.0 Å². The summed E-state index contributed by atoms with van der Waals surface area (Å²) in [6.07, 6.45) is 6.46. The summed E-state index contributed by atoms with van der Waals surface area (Å²) in [4.78, 5) is 21.4. The van der Waals surface area contributed by atoms with Gasteiger partial charge in [-0.2, -0.15) is 8.61 Å². The van der Waals surface area contributed by atoms with Crippen molar-refractivity contribution in [2.45, 2.75) is 73.2 Å². The summed E-state index contributed by atoms with van der Waals surface area (Å²) in [6.45, 7) is 13.2. The van der Waals surface area contributed by atoms with Crippen LogP contribution in [0, 0.1) is 0 Å². The zero-order valence-corrected chi connectivity index (χ0v) is 32.2. The lowest BCUT2D eigenvalue weighted by molar-refractivity contribution is 0.0772. The quantitative estimate of drug-likeness (QED) is 0.269. The number of sulfonamides is 2. The molecule has 4 aromatic heterocycles. The van der Waals surface area contributed by atoms with Crippen LogP contribution in [-0.4, -0.2) is 107 Å². The number of aliphatic hydroxyl groups is 2. The third-order valence-electron chi connectivity index (χ3n) is 8.56. The molecule has 2 N–H and O–H groups in total. The highest BCUT2D eigenvalue weighted by atomic mass is 32.3. The van der Waals surface area contributed by atoms with Crippen molar-refractivity contribution in [3.05, 3.63) is 70.9 Å². The molecule has 6 rings (SSSR count). The Morgan fingerprint density at radius 2 is 0.980 bits per heavy atom. The number of piperazine rings is 2. The van der Waals surface area contributed by atoms with E-state index in [0.717, 1.165) is 0 Å². The van der Waals surface area contributed by atoms with Crippen LogP contribution in [0.15, 0.2) is 68.2 Å². The first-order chi connectivity index (χ1) is 23.4. The fourth-order valence-electron chi connectivity index (χ4n) is 5.53. The van der Waals surface area contributed by atoms with E-state index in [9.17, 15) is 27.0 Å². The minimum atomic E-state index is -3.43. The topological polar surface area (TPSA) is 173 Å². The summed E-state index contributed by atoms with van der Waals surface area (Å²) in [5, 5.41) is 23.5. The number of thiophene rings is 2. The first kappa shape index (κ1) is 38.1. The number of hydrogen-bond donors (Lipinski definition) is 2. The van der Waals surface area contributed by atoms with Crippen LogP contribution < -0.4 is 9.80 Å². The van der Waals surface area contributed by atoms with Crippen LogP contribution in [0.2, 0.25) is 0 Å². The molecule has 0 saturated carbocycles. The van der Waals surface area contributed by atoms with Gasteiger partial charge in [-0.05, 0) is 64.4 Å². The molecule has 4 aromatic rings. The van der Waals surface area contributed by atoms with E-state index < -0.39 is 31.2 Å². The van der Waals surface area contributed by atoms with E-state index in [2.05, 4.69) is 19.9 Å². The lowest BCUT2D eigenvalue weighted by Gasteiger charge is -2.39. The van der Waals surface area contributed by atoms with Crippen LogP contribution in [0.1, 0.15) is 52.7 Å². The Bertz CT molecular complexity index is 1770. The van der Waals surface area contributed by atoms with Crippen molar-refractivity contribution >= 4 is 54.6 Å². The van der Waals surface area contributed by atoms with Gasteiger partial charge in [-0.25, -0.2) is 36.8 Å². The highest BCUT2D eigenvalue weighted by Gasteiger charge is 2.35. The molecule has 2 atom stereocenters. The highest BCUT2D eigenvalue weighted by molar-refractivity contribution is 7.91. The summed E-state index contributed by atoms with van der Waals surface area (Å²) in [7, 11) is -6.86. The Morgan fingerprint density at radius 3 is 1.24 bits per heavy atom. The molecule has 2 fully saturated rings. The molecule has 50 heavy (non-hydrogen) atoms. The molecule has 6 heterocycles. The van der Waals surface area contributed by atoms with Gasteiger partial charge >= 0.3 is 0 Å². The minimum Gasteiger partial charge on any atom is -0.386 e. The molecule has 0 aliphatic carbocycles. The Morgan fingerprint density at radius 1 is 0.640 bits per heavy atom. The summed E-state index contributed by atoms with van der Waals surface area (Å²) >= 11 is 2.47. The van der Waals surface area contributed by atoms with Crippen molar-refractivity contribution in [3.63, 3.8) is 0 Å². The van der Waals surface area contributed by atoms with Crippen molar-refractivity contribution in [2.75, 3.05) is 49.1 Å². The van der Waals surface area contributed by atoms with Crippen LogP contribution in [0.5, 0.6) is 0 Å². The van der Waals surface area contributed by atoms with Crippen LogP contribution in [-0.2, 0) is 31.2 Å². The SMILES string of the molecule is C[C@H]1CN(S(=O)(=O)c2cccs2)CCN1c1ncc(C(C)(C)O)cn1.C[C@H]1CN(S(=O)(=O)c2cccs2)CCN1c1ncc(C(C)(C)O)cn1. The van der Waals surface area contributed by atoms with Crippen molar-refractivity contribution in [3.8, 4) is 0 Å². The average molecular weight is 765 g/mol. The van der Waals surface area contributed by atoms with E-state index in [0.29, 0.717) is 70.7 Å². The zero-order valence-electron chi connectivity index (χ0n) is 28.9. The zero-order chi connectivity index (χ0) is 36.5. The van der Waals surface area contributed by atoms with Gasteiger partial charge in [0.05, 0.1) is 11.2 Å². The Labute approximate surface area is 302 Å². The van der Waals surface area contributed by atoms with Gasteiger partial charge in [0.2, 0.25) is 11.9 Å². The summed E-state index contributed by atoms with van der Waals surface area (Å²) in [6, 6.07) is 6.67. The van der Waals surface area contributed by atoms with E-state index in [1.807, 2.05) is 23.6 Å².